The van der Waals surface area contributed by atoms with E-state index in [1.807, 2.05) is 6.08 Å². The molecular weight excluding hydrogens is 408 g/mol. The Hall–Kier alpha value is -1.38. The molecule has 1 N–H and O–H groups in total. The zero-order valence-corrected chi connectivity index (χ0v) is 22.1. The summed E-state index contributed by atoms with van der Waals surface area (Å²) in [6.45, 7) is 16.2. The van der Waals surface area contributed by atoms with Crippen molar-refractivity contribution in [1.29, 1.82) is 0 Å². The van der Waals surface area contributed by atoms with Crippen LogP contribution in [0.4, 0.5) is 0 Å². The van der Waals surface area contributed by atoms with Crippen molar-refractivity contribution in [2.24, 2.45) is 45.3 Å². The first-order chi connectivity index (χ1) is 15.3. The molecular formula is C30H46O3. The standard InChI is InChI=1S/C30H46O3/c1-19(9-8-10-20(2)26(32)33)21-13-17-30(7)23-11-12-24-27(3,4)25(31)15-16-28(24,5)22(23)14-18-29(21,30)6/h10,14,19,21,23-24H,8-9,11-13,15-18H2,1-7H3,(H,32,33)/b20-10-/t19?,21-,23-,24+,28-,29-,30+/m1/s1. The highest BCUT2D eigenvalue weighted by atomic mass is 16.4. The molecule has 0 aliphatic heterocycles. The molecule has 3 fully saturated rings. The minimum atomic E-state index is -0.801. The van der Waals surface area contributed by atoms with Crippen LogP contribution in [0.1, 0.15) is 106 Å². The van der Waals surface area contributed by atoms with Crippen molar-refractivity contribution in [3.8, 4) is 0 Å². The Morgan fingerprint density at radius 2 is 1.82 bits per heavy atom. The Morgan fingerprint density at radius 1 is 1.12 bits per heavy atom. The highest BCUT2D eigenvalue weighted by Crippen LogP contribution is 2.72. The minimum Gasteiger partial charge on any atom is -0.478 e. The predicted octanol–water partition coefficient (Wildman–Crippen LogP) is 7.61. The van der Waals surface area contributed by atoms with Gasteiger partial charge in [-0.2, -0.15) is 0 Å². The van der Waals surface area contributed by atoms with Crippen LogP contribution in [-0.2, 0) is 9.59 Å². The van der Waals surface area contributed by atoms with Crippen LogP contribution in [0.2, 0.25) is 0 Å². The van der Waals surface area contributed by atoms with Gasteiger partial charge in [0, 0.05) is 17.4 Å². The lowest BCUT2D eigenvalue weighted by molar-refractivity contribution is -0.142. The fourth-order valence-corrected chi connectivity index (χ4v) is 9.33. The largest absolute Gasteiger partial charge is 0.478 e. The summed E-state index contributed by atoms with van der Waals surface area (Å²) in [5, 5.41) is 9.15. The number of carbonyl (C=O) groups excluding carboxylic acids is 1. The smallest absolute Gasteiger partial charge is 0.330 e. The van der Waals surface area contributed by atoms with E-state index in [4.69, 9.17) is 5.11 Å². The molecule has 3 heteroatoms. The van der Waals surface area contributed by atoms with E-state index < -0.39 is 5.97 Å². The molecule has 0 bridgehead atoms. The van der Waals surface area contributed by atoms with E-state index in [0.717, 1.165) is 32.1 Å². The topological polar surface area (TPSA) is 54.4 Å². The Balaban J connectivity index is 1.59. The van der Waals surface area contributed by atoms with Crippen molar-refractivity contribution >= 4 is 11.8 Å². The summed E-state index contributed by atoms with van der Waals surface area (Å²) < 4.78 is 0. The van der Waals surface area contributed by atoms with E-state index in [9.17, 15) is 9.59 Å². The number of carboxylic acid groups (broad SMARTS) is 1. The third-order valence-electron chi connectivity index (χ3n) is 11.7. The van der Waals surface area contributed by atoms with Gasteiger partial charge in [0.05, 0.1) is 0 Å². The third-order valence-corrected chi connectivity index (χ3v) is 11.7. The minimum absolute atomic E-state index is 0.174. The Bertz CT molecular complexity index is 894. The molecule has 0 radical (unpaired) electrons. The molecule has 0 aromatic heterocycles. The second-order valence-electron chi connectivity index (χ2n) is 13.3. The van der Waals surface area contributed by atoms with E-state index in [1.54, 1.807) is 12.5 Å². The Morgan fingerprint density at radius 3 is 2.48 bits per heavy atom. The number of rotatable bonds is 5. The number of carbonyl (C=O) groups is 2. The van der Waals surface area contributed by atoms with Crippen LogP contribution < -0.4 is 0 Å². The van der Waals surface area contributed by atoms with Gasteiger partial charge in [0.2, 0.25) is 0 Å². The Kier molecular flexibility index (Phi) is 6.07. The number of hydrogen-bond donors (Lipinski definition) is 1. The molecule has 7 atom stereocenters. The van der Waals surface area contributed by atoms with Gasteiger partial charge in [0.1, 0.15) is 5.78 Å². The van der Waals surface area contributed by atoms with Crippen molar-refractivity contribution in [2.45, 2.75) is 106 Å². The maximum Gasteiger partial charge on any atom is 0.330 e. The first-order valence-corrected chi connectivity index (χ1v) is 13.4. The van der Waals surface area contributed by atoms with Crippen molar-refractivity contribution in [1.82, 2.24) is 0 Å². The van der Waals surface area contributed by atoms with Gasteiger partial charge in [-0.3, -0.25) is 4.79 Å². The summed E-state index contributed by atoms with van der Waals surface area (Å²) in [6.07, 6.45) is 14.4. The monoisotopic (exact) mass is 454 g/mol. The molecule has 4 aliphatic rings. The maximum absolute atomic E-state index is 12.8. The summed E-state index contributed by atoms with van der Waals surface area (Å²) in [7, 11) is 0. The lowest BCUT2D eigenvalue weighted by atomic mass is 9.41. The van der Waals surface area contributed by atoms with Crippen LogP contribution in [0.15, 0.2) is 23.3 Å². The molecule has 3 nitrogen and oxygen atoms in total. The van der Waals surface area contributed by atoms with Crippen LogP contribution >= 0.6 is 0 Å². The fourth-order valence-electron chi connectivity index (χ4n) is 9.33. The SMILES string of the molecule is C/C(=C/CCC(C)[C@H]1CC[C@@]2(C)[C@@H]3CC[C@H]4C(C)(C)C(=O)CC[C@]4(C)C3=CC[C@]12C)C(=O)O. The zero-order valence-electron chi connectivity index (χ0n) is 22.1. The molecule has 184 valence electrons. The van der Waals surface area contributed by atoms with Crippen LogP contribution in [0, 0.1) is 45.3 Å². The molecule has 4 aliphatic carbocycles. The van der Waals surface area contributed by atoms with Crippen molar-refractivity contribution < 1.29 is 14.7 Å². The van der Waals surface area contributed by atoms with E-state index in [0.29, 0.717) is 45.9 Å². The van der Waals surface area contributed by atoms with E-state index in [-0.39, 0.29) is 10.8 Å². The second kappa shape index (κ2) is 8.09. The molecule has 3 saturated carbocycles. The molecule has 0 aromatic rings. The van der Waals surface area contributed by atoms with E-state index in [2.05, 4.69) is 47.6 Å². The third kappa shape index (κ3) is 3.50. The van der Waals surface area contributed by atoms with Crippen LogP contribution in [0.5, 0.6) is 0 Å². The predicted molar refractivity (Wildman–Crippen MR) is 134 cm³/mol. The van der Waals surface area contributed by atoms with Crippen molar-refractivity contribution in [2.75, 3.05) is 0 Å². The second-order valence-corrected chi connectivity index (χ2v) is 13.3. The summed E-state index contributed by atoms with van der Waals surface area (Å²) in [5.74, 6) is 2.08. The molecule has 0 heterocycles. The van der Waals surface area contributed by atoms with E-state index in [1.165, 1.54) is 25.7 Å². The summed E-state index contributed by atoms with van der Waals surface area (Å²) in [4.78, 5) is 23.9. The molecule has 0 spiro atoms. The van der Waals surface area contributed by atoms with Gasteiger partial charge < -0.3 is 5.11 Å². The van der Waals surface area contributed by atoms with Gasteiger partial charge in [-0.1, -0.05) is 59.3 Å². The van der Waals surface area contributed by atoms with Gasteiger partial charge in [-0.25, -0.2) is 4.79 Å². The highest BCUT2D eigenvalue weighted by Gasteiger charge is 2.65. The number of carboxylic acids is 1. The van der Waals surface area contributed by atoms with Crippen LogP contribution in [0.3, 0.4) is 0 Å². The molecule has 4 rings (SSSR count). The number of allylic oxidation sites excluding steroid dienone is 3. The fraction of sp³-hybridized carbons (Fsp3) is 0.800. The number of fused-ring (bicyclic) bond motifs is 5. The average Bonchev–Trinajstić information content (AvgIpc) is 3.02. The molecule has 0 amide bonds. The molecule has 33 heavy (non-hydrogen) atoms. The number of hydrogen-bond acceptors (Lipinski definition) is 2. The molecule has 0 aromatic carbocycles. The first kappa shape index (κ1) is 24.7. The van der Waals surface area contributed by atoms with Crippen LogP contribution in [0.25, 0.3) is 0 Å². The van der Waals surface area contributed by atoms with Gasteiger partial charge in [0.25, 0.3) is 0 Å². The number of aliphatic carboxylic acids is 1. The van der Waals surface area contributed by atoms with Gasteiger partial charge in [-0.15, -0.1) is 0 Å². The number of ketones is 1. The normalized spacial score (nSPS) is 43.2. The van der Waals surface area contributed by atoms with E-state index >= 15 is 0 Å². The average molecular weight is 455 g/mol. The lowest BCUT2D eigenvalue weighted by Gasteiger charge is -2.63. The van der Waals surface area contributed by atoms with Crippen molar-refractivity contribution in [3.63, 3.8) is 0 Å². The summed E-state index contributed by atoms with van der Waals surface area (Å²) >= 11 is 0. The quantitative estimate of drug-likeness (QED) is 0.343. The number of Topliss-reactive ketones (excluding diaryl/α,β-unsaturated/α-hetero) is 1. The summed E-state index contributed by atoms with van der Waals surface area (Å²) in [5.41, 5.74) is 2.77. The molecule has 0 saturated heterocycles. The molecule has 1 unspecified atom stereocenters. The van der Waals surface area contributed by atoms with Gasteiger partial charge >= 0.3 is 5.97 Å². The van der Waals surface area contributed by atoms with Gasteiger partial charge in [-0.05, 0) is 98.2 Å². The lowest BCUT2D eigenvalue weighted by Crippen LogP contribution is -2.56. The van der Waals surface area contributed by atoms with Gasteiger partial charge in [0.15, 0.2) is 0 Å². The maximum atomic E-state index is 12.8. The Labute approximate surface area is 201 Å². The van der Waals surface area contributed by atoms with Crippen LogP contribution in [-0.4, -0.2) is 16.9 Å². The highest BCUT2D eigenvalue weighted by molar-refractivity contribution is 5.86. The summed E-state index contributed by atoms with van der Waals surface area (Å²) in [6, 6.07) is 0. The first-order valence-electron chi connectivity index (χ1n) is 13.4. The zero-order chi connectivity index (χ0) is 24.4. The van der Waals surface area contributed by atoms with Crippen molar-refractivity contribution in [3.05, 3.63) is 23.3 Å².